The third kappa shape index (κ3) is 3.67. The summed E-state index contributed by atoms with van der Waals surface area (Å²) >= 11 is 1.48. The van der Waals surface area contributed by atoms with E-state index in [0.717, 1.165) is 5.75 Å². The van der Waals surface area contributed by atoms with E-state index in [4.69, 9.17) is 14.7 Å². The number of rotatable bonds is 5. The first-order chi connectivity index (χ1) is 7.25. The van der Waals surface area contributed by atoms with Gasteiger partial charge < -0.3 is 14.7 Å². The molecule has 0 radical (unpaired) electrons. The molecule has 6 heteroatoms. The first kappa shape index (κ1) is 11.6. The second kappa shape index (κ2) is 6.13. The van der Waals surface area contributed by atoms with E-state index in [1.807, 2.05) is 0 Å². The number of oxime groups is 1. The summed E-state index contributed by atoms with van der Waals surface area (Å²) in [7, 11) is 0. The summed E-state index contributed by atoms with van der Waals surface area (Å²) in [6.45, 7) is 4.06. The zero-order chi connectivity index (χ0) is 11.1. The van der Waals surface area contributed by atoms with E-state index >= 15 is 0 Å². The highest BCUT2D eigenvalue weighted by Crippen LogP contribution is 2.16. The van der Waals surface area contributed by atoms with Crippen LogP contribution >= 0.6 is 11.8 Å². The minimum absolute atomic E-state index is 0.164. The number of hydrogen-bond acceptors (Lipinski definition) is 5. The van der Waals surface area contributed by atoms with E-state index in [2.05, 4.69) is 11.7 Å². The highest BCUT2D eigenvalue weighted by atomic mass is 32.2. The van der Waals surface area contributed by atoms with Gasteiger partial charge in [0.15, 0.2) is 5.76 Å². The molecule has 0 spiro atoms. The van der Waals surface area contributed by atoms with Crippen LogP contribution in [-0.4, -0.2) is 35.8 Å². The highest BCUT2D eigenvalue weighted by Gasteiger charge is 2.20. The van der Waals surface area contributed by atoms with Crippen molar-refractivity contribution >= 4 is 23.4 Å². The number of hydrogen-bond donors (Lipinski definition) is 1. The summed E-state index contributed by atoms with van der Waals surface area (Å²) in [4.78, 5) is 15.5. The highest BCUT2D eigenvalue weighted by molar-refractivity contribution is 8.02. The van der Waals surface area contributed by atoms with Gasteiger partial charge in [-0.25, -0.2) is 4.79 Å². The number of carbonyl (C=O) groups is 1. The molecule has 82 valence electrons. The van der Waals surface area contributed by atoms with Crippen molar-refractivity contribution in [1.82, 2.24) is 0 Å². The molecule has 0 unspecified atom stereocenters. The minimum atomic E-state index is -1.17. The van der Waals surface area contributed by atoms with E-state index in [1.165, 1.54) is 17.8 Å². The van der Waals surface area contributed by atoms with E-state index in [1.54, 1.807) is 5.41 Å². The van der Waals surface area contributed by atoms with Crippen LogP contribution in [0.2, 0.25) is 0 Å². The Hall–Kier alpha value is -1.43. The van der Waals surface area contributed by atoms with Crippen molar-refractivity contribution in [3.8, 4) is 0 Å². The van der Waals surface area contributed by atoms with E-state index in [0.29, 0.717) is 6.61 Å². The molecule has 0 atom stereocenters. The largest absolute Gasteiger partial charge is 0.489 e. The van der Waals surface area contributed by atoms with Crippen LogP contribution in [0.25, 0.3) is 0 Å². The first-order valence-electron chi connectivity index (χ1n) is 4.24. The molecule has 0 bridgehead atoms. The zero-order valence-electron chi connectivity index (χ0n) is 8.01. The Morgan fingerprint density at radius 2 is 2.67 bits per heavy atom. The number of aliphatic carboxylic acids is 1. The second-order valence-electron chi connectivity index (χ2n) is 2.53. The second-order valence-corrected chi connectivity index (χ2v) is 3.51. The van der Waals surface area contributed by atoms with Gasteiger partial charge in [-0.15, -0.1) is 11.8 Å². The van der Waals surface area contributed by atoms with Crippen LogP contribution in [-0.2, 0) is 14.4 Å². The molecule has 0 aromatic rings. The maximum absolute atomic E-state index is 10.8. The molecule has 15 heavy (non-hydrogen) atoms. The van der Waals surface area contributed by atoms with Gasteiger partial charge in [0.1, 0.15) is 6.61 Å². The Balaban J connectivity index is 2.72. The van der Waals surface area contributed by atoms with Crippen LogP contribution in [0.15, 0.2) is 29.0 Å². The van der Waals surface area contributed by atoms with Crippen LogP contribution in [0, 0.1) is 0 Å². The summed E-state index contributed by atoms with van der Waals surface area (Å²) in [6.07, 6.45) is 1.48. The van der Waals surface area contributed by atoms with Crippen molar-refractivity contribution in [2.45, 2.75) is 0 Å². The van der Waals surface area contributed by atoms with Gasteiger partial charge in [0.05, 0.1) is 6.61 Å². The lowest BCUT2D eigenvalue weighted by Crippen LogP contribution is -2.20. The Morgan fingerprint density at radius 3 is 3.20 bits per heavy atom. The van der Waals surface area contributed by atoms with Gasteiger partial charge in [-0.2, -0.15) is 0 Å². The third-order valence-corrected chi connectivity index (χ3v) is 2.22. The molecule has 0 saturated carbocycles. The van der Waals surface area contributed by atoms with Gasteiger partial charge in [0, 0.05) is 11.2 Å². The molecule has 0 saturated heterocycles. The Bertz CT molecular complexity index is 311. The topological polar surface area (TPSA) is 68.1 Å². The quantitative estimate of drug-likeness (QED) is 0.332. The lowest BCUT2D eigenvalue weighted by molar-refractivity contribution is -0.129. The maximum Gasteiger partial charge on any atom is 0.361 e. The molecule has 1 N–H and O–H groups in total. The molecule has 0 amide bonds. The van der Waals surface area contributed by atoms with Crippen molar-refractivity contribution in [2.24, 2.45) is 5.16 Å². The fourth-order valence-corrected chi connectivity index (χ4v) is 1.46. The van der Waals surface area contributed by atoms with Gasteiger partial charge in [0.25, 0.3) is 0 Å². The van der Waals surface area contributed by atoms with Crippen molar-refractivity contribution in [1.29, 1.82) is 0 Å². The summed E-state index contributed by atoms with van der Waals surface area (Å²) in [5.41, 5.74) is -0.218. The van der Waals surface area contributed by atoms with Crippen molar-refractivity contribution in [3.63, 3.8) is 0 Å². The number of ether oxygens (including phenoxy) is 1. The molecule has 5 nitrogen and oxygen atoms in total. The van der Waals surface area contributed by atoms with Gasteiger partial charge in [-0.05, 0) is 0 Å². The van der Waals surface area contributed by atoms with Gasteiger partial charge in [-0.3, -0.25) is 0 Å². The molecule has 1 aliphatic rings. The molecule has 1 heterocycles. The predicted octanol–water partition coefficient (Wildman–Crippen LogP) is 1.23. The summed E-state index contributed by atoms with van der Waals surface area (Å²) in [5, 5.41) is 14.0. The van der Waals surface area contributed by atoms with Crippen LogP contribution < -0.4 is 0 Å². The predicted molar refractivity (Wildman–Crippen MR) is 57.7 cm³/mol. The number of carboxylic acids is 1. The van der Waals surface area contributed by atoms with Crippen molar-refractivity contribution < 1.29 is 19.5 Å². The molecule has 0 fully saturated rings. The maximum atomic E-state index is 10.8. The smallest absolute Gasteiger partial charge is 0.361 e. The number of carboxylic acid groups (broad SMARTS) is 1. The monoisotopic (exact) mass is 229 g/mol. The molecular weight excluding hydrogens is 218 g/mol. The summed E-state index contributed by atoms with van der Waals surface area (Å²) in [5.74, 6) is -0.125. The van der Waals surface area contributed by atoms with Gasteiger partial charge >= 0.3 is 5.97 Å². The van der Waals surface area contributed by atoms with E-state index in [9.17, 15) is 4.79 Å². The average molecular weight is 229 g/mol. The minimum Gasteiger partial charge on any atom is -0.489 e. The Kier molecular flexibility index (Phi) is 4.76. The molecule has 1 aliphatic heterocycles. The summed E-state index contributed by atoms with van der Waals surface area (Å²) in [6, 6.07) is 0. The average Bonchev–Trinajstić information content (AvgIpc) is 2.25. The molecular formula is C9H11NO4S. The fourth-order valence-electron chi connectivity index (χ4n) is 0.836. The molecule has 0 aliphatic carbocycles. The van der Waals surface area contributed by atoms with E-state index < -0.39 is 5.97 Å². The number of thioether (sulfide) groups is 1. The van der Waals surface area contributed by atoms with Gasteiger partial charge in [0.2, 0.25) is 5.71 Å². The van der Waals surface area contributed by atoms with Gasteiger partial charge in [-0.1, -0.05) is 17.8 Å². The van der Waals surface area contributed by atoms with Crippen LogP contribution in [0.3, 0.4) is 0 Å². The molecule has 0 aromatic carbocycles. The SMILES string of the molecule is C=CCON=C(C(=O)O)C1=CSCCO1. The molecule has 0 aromatic heterocycles. The zero-order valence-corrected chi connectivity index (χ0v) is 8.83. The van der Waals surface area contributed by atoms with Crippen LogP contribution in [0.5, 0.6) is 0 Å². The lowest BCUT2D eigenvalue weighted by atomic mass is 10.3. The first-order valence-corrected chi connectivity index (χ1v) is 5.29. The normalized spacial score (nSPS) is 16.3. The van der Waals surface area contributed by atoms with E-state index in [-0.39, 0.29) is 18.1 Å². The van der Waals surface area contributed by atoms with Crippen molar-refractivity contribution in [2.75, 3.05) is 19.0 Å². The fraction of sp³-hybridized carbons (Fsp3) is 0.333. The van der Waals surface area contributed by atoms with Crippen molar-refractivity contribution in [3.05, 3.63) is 23.8 Å². The lowest BCUT2D eigenvalue weighted by Gasteiger charge is -2.13. The Labute approximate surface area is 91.4 Å². The standard InChI is InChI=1S/C9H11NO4S/c1-2-3-14-10-8(9(11)12)7-6-15-5-4-13-7/h2,6H,1,3-5H2,(H,11,12). The molecule has 1 rings (SSSR count). The van der Waals surface area contributed by atoms with Crippen LogP contribution in [0.4, 0.5) is 0 Å². The van der Waals surface area contributed by atoms with Crippen LogP contribution in [0.1, 0.15) is 0 Å². The Morgan fingerprint density at radius 1 is 1.87 bits per heavy atom. The summed E-state index contributed by atoms with van der Waals surface area (Å²) < 4.78 is 5.15. The number of nitrogens with zero attached hydrogens (tertiary/aromatic N) is 1. The third-order valence-electron chi connectivity index (χ3n) is 1.43.